The molecule has 26 heavy (non-hydrogen) atoms. The van der Waals surface area contributed by atoms with Crippen LogP contribution in [0.3, 0.4) is 0 Å². The molecular weight excluding hydrogens is 330 g/mol. The fourth-order valence-electron chi connectivity index (χ4n) is 2.75. The quantitative estimate of drug-likeness (QED) is 0.607. The minimum Gasteiger partial charge on any atom is -0.493 e. The highest BCUT2D eigenvalue weighted by Gasteiger charge is 2.19. The second-order valence-corrected chi connectivity index (χ2v) is 6.41. The van der Waals surface area contributed by atoms with E-state index in [4.69, 9.17) is 9.73 Å². The van der Waals surface area contributed by atoms with E-state index in [0.717, 1.165) is 23.1 Å². The summed E-state index contributed by atoms with van der Waals surface area (Å²) in [5.74, 6) is 0.101. The minimum absolute atomic E-state index is 0.101. The van der Waals surface area contributed by atoms with Gasteiger partial charge < -0.3 is 19.7 Å². The normalized spacial score (nSPS) is 12.4. The number of para-hydroxylation sites is 1. The molecule has 3 rings (SSSR count). The van der Waals surface area contributed by atoms with Crippen LogP contribution in [0, 0.1) is 0 Å². The highest BCUT2D eigenvalue weighted by molar-refractivity contribution is 6.13. The van der Waals surface area contributed by atoms with Gasteiger partial charge in [0.15, 0.2) is 5.69 Å². The van der Waals surface area contributed by atoms with Crippen molar-refractivity contribution in [3.8, 4) is 5.88 Å². The van der Waals surface area contributed by atoms with Crippen molar-refractivity contribution in [2.45, 2.75) is 6.54 Å². The molecule has 7 heteroatoms. The number of likely N-dealkylation sites (N-methyl/N-ethyl adjacent to an activating group) is 1. The van der Waals surface area contributed by atoms with Crippen LogP contribution in [-0.4, -0.2) is 71.2 Å². The number of aromatic amines is 1. The molecule has 0 aliphatic heterocycles. The lowest BCUT2D eigenvalue weighted by Gasteiger charge is -2.08. The average Bonchev–Trinajstić information content (AvgIpc) is 3.20. The number of aromatic hydroxyl groups is 1. The maximum atomic E-state index is 10.6. The maximum absolute atomic E-state index is 10.6. The number of aromatic nitrogens is 3. The van der Waals surface area contributed by atoms with Gasteiger partial charge in [-0.2, -0.15) is 0 Å². The van der Waals surface area contributed by atoms with Crippen molar-refractivity contribution >= 4 is 16.6 Å². The van der Waals surface area contributed by atoms with Crippen LogP contribution in [0.2, 0.25) is 0 Å². The fraction of sp³-hybridized carbons (Fsp3) is 0.368. The summed E-state index contributed by atoms with van der Waals surface area (Å²) in [6.45, 7) is 2.47. The van der Waals surface area contributed by atoms with Crippen LogP contribution in [0.1, 0.15) is 11.4 Å². The molecule has 0 fully saturated rings. The molecule has 0 saturated carbocycles. The Bertz CT molecular complexity index is 861. The molecule has 2 N–H and O–H groups in total. The molecule has 7 nitrogen and oxygen atoms in total. The number of imidazole rings is 1. The predicted octanol–water partition coefficient (Wildman–Crippen LogP) is 2.12. The third-order valence-corrected chi connectivity index (χ3v) is 4.17. The van der Waals surface area contributed by atoms with Gasteiger partial charge in [-0.3, -0.25) is 9.56 Å². The highest BCUT2D eigenvalue weighted by Crippen LogP contribution is 2.23. The zero-order chi connectivity index (χ0) is 18.5. The predicted molar refractivity (Wildman–Crippen MR) is 103 cm³/mol. The van der Waals surface area contributed by atoms with Gasteiger partial charge in [0.2, 0.25) is 5.88 Å². The van der Waals surface area contributed by atoms with E-state index in [2.05, 4.69) is 14.9 Å². The first kappa shape index (κ1) is 18.2. The third-order valence-electron chi connectivity index (χ3n) is 4.17. The van der Waals surface area contributed by atoms with Crippen molar-refractivity contribution in [1.29, 1.82) is 0 Å². The van der Waals surface area contributed by atoms with E-state index in [1.165, 1.54) is 0 Å². The summed E-state index contributed by atoms with van der Waals surface area (Å²) >= 11 is 0. The monoisotopic (exact) mass is 355 g/mol. The summed E-state index contributed by atoms with van der Waals surface area (Å²) in [4.78, 5) is 14.6. The number of H-pyrrole nitrogens is 1. The number of benzene rings is 1. The molecule has 2 heterocycles. The lowest BCUT2D eigenvalue weighted by Crippen LogP contribution is -2.17. The molecule has 2 aromatic heterocycles. The number of ether oxygens (including phenoxy) is 1. The van der Waals surface area contributed by atoms with Crippen molar-refractivity contribution in [2.75, 3.05) is 40.9 Å². The average molecular weight is 355 g/mol. The fourth-order valence-corrected chi connectivity index (χ4v) is 2.75. The van der Waals surface area contributed by atoms with Crippen molar-refractivity contribution < 1.29 is 9.84 Å². The Balaban J connectivity index is 1.99. The van der Waals surface area contributed by atoms with Crippen molar-refractivity contribution in [3.05, 3.63) is 48.0 Å². The second-order valence-electron chi connectivity index (χ2n) is 6.41. The molecule has 0 radical (unpaired) electrons. The number of nitrogens with one attached hydrogen (secondary N) is 1. The Labute approximate surface area is 153 Å². The zero-order valence-electron chi connectivity index (χ0n) is 15.4. The number of rotatable bonds is 8. The Morgan fingerprint density at radius 3 is 2.88 bits per heavy atom. The second kappa shape index (κ2) is 8.16. The summed E-state index contributed by atoms with van der Waals surface area (Å²) in [6.07, 6.45) is 1.62. The van der Waals surface area contributed by atoms with Gasteiger partial charge in [0.1, 0.15) is 5.71 Å². The van der Waals surface area contributed by atoms with E-state index in [1.807, 2.05) is 44.4 Å². The Kier molecular flexibility index (Phi) is 5.70. The van der Waals surface area contributed by atoms with Crippen LogP contribution in [-0.2, 0) is 11.3 Å². The van der Waals surface area contributed by atoms with Crippen molar-refractivity contribution in [1.82, 2.24) is 19.4 Å². The van der Waals surface area contributed by atoms with Crippen LogP contribution in [0.25, 0.3) is 10.9 Å². The molecule has 0 aliphatic rings. The molecular formula is C19H25N5O2. The first-order valence-corrected chi connectivity index (χ1v) is 8.61. The van der Waals surface area contributed by atoms with Crippen LogP contribution in [0.15, 0.2) is 41.7 Å². The lowest BCUT2D eigenvalue weighted by molar-refractivity contribution is 0.184. The third kappa shape index (κ3) is 3.95. The Morgan fingerprint density at radius 2 is 2.15 bits per heavy atom. The minimum atomic E-state index is 0.101. The van der Waals surface area contributed by atoms with E-state index in [0.29, 0.717) is 31.1 Å². The summed E-state index contributed by atoms with van der Waals surface area (Å²) in [5, 5.41) is 11.7. The number of hydrogen-bond donors (Lipinski definition) is 2. The van der Waals surface area contributed by atoms with Crippen LogP contribution in [0.5, 0.6) is 5.88 Å². The van der Waals surface area contributed by atoms with Gasteiger partial charge >= 0.3 is 0 Å². The molecule has 0 saturated heterocycles. The van der Waals surface area contributed by atoms with Gasteiger partial charge in [0.25, 0.3) is 0 Å². The number of methoxy groups -OCH3 is 1. The van der Waals surface area contributed by atoms with Crippen LogP contribution >= 0.6 is 0 Å². The van der Waals surface area contributed by atoms with Gasteiger partial charge in [-0.15, -0.1) is 0 Å². The molecule has 0 spiro atoms. The maximum Gasteiger partial charge on any atom is 0.221 e. The molecule has 1 aromatic carbocycles. The van der Waals surface area contributed by atoms with Crippen LogP contribution in [0.4, 0.5) is 0 Å². The largest absolute Gasteiger partial charge is 0.493 e. The van der Waals surface area contributed by atoms with E-state index in [1.54, 1.807) is 18.0 Å². The van der Waals surface area contributed by atoms with E-state index >= 15 is 0 Å². The molecule has 0 bridgehead atoms. The molecule has 0 aliphatic carbocycles. The smallest absolute Gasteiger partial charge is 0.221 e. The SMILES string of the molecule is COCCn1cnc(C(=NCCN(C)C)c2cc3ccccc3[nH]2)c1O. The van der Waals surface area contributed by atoms with Gasteiger partial charge in [-0.05, 0) is 26.2 Å². The first-order valence-electron chi connectivity index (χ1n) is 8.61. The summed E-state index contributed by atoms with van der Waals surface area (Å²) in [6, 6.07) is 10.1. The van der Waals surface area contributed by atoms with Crippen molar-refractivity contribution in [3.63, 3.8) is 0 Å². The van der Waals surface area contributed by atoms with E-state index in [9.17, 15) is 5.11 Å². The summed E-state index contributed by atoms with van der Waals surface area (Å²) < 4.78 is 6.75. The zero-order valence-corrected chi connectivity index (χ0v) is 15.4. The molecule has 3 aromatic rings. The van der Waals surface area contributed by atoms with Gasteiger partial charge in [-0.1, -0.05) is 18.2 Å². The van der Waals surface area contributed by atoms with E-state index < -0.39 is 0 Å². The van der Waals surface area contributed by atoms with Gasteiger partial charge in [0, 0.05) is 24.6 Å². The molecule has 0 atom stereocenters. The van der Waals surface area contributed by atoms with Gasteiger partial charge in [-0.25, -0.2) is 4.98 Å². The molecule has 138 valence electrons. The molecule has 0 unspecified atom stereocenters. The Hall–Kier alpha value is -2.64. The first-order chi connectivity index (χ1) is 12.6. The van der Waals surface area contributed by atoms with Crippen molar-refractivity contribution in [2.24, 2.45) is 4.99 Å². The highest BCUT2D eigenvalue weighted by atomic mass is 16.5. The topological polar surface area (TPSA) is 78.7 Å². The van der Waals surface area contributed by atoms with E-state index in [-0.39, 0.29) is 5.88 Å². The number of aliphatic imine (C=N–C) groups is 1. The summed E-state index contributed by atoms with van der Waals surface area (Å²) in [5.41, 5.74) is 3.02. The lowest BCUT2D eigenvalue weighted by atomic mass is 10.2. The number of nitrogens with zero attached hydrogens (tertiary/aromatic N) is 4. The van der Waals surface area contributed by atoms with Crippen LogP contribution < -0.4 is 0 Å². The summed E-state index contributed by atoms with van der Waals surface area (Å²) in [7, 11) is 5.65. The number of fused-ring (bicyclic) bond motifs is 1. The molecule has 0 amide bonds. The Morgan fingerprint density at radius 1 is 1.35 bits per heavy atom. The standard InChI is InChI=1S/C19H25N5O2/c1-23(2)9-8-20-17(16-12-14-6-4-5-7-15(14)22-16)18-19(25)24(13-21-18)10-11-26-3/h4-7,12-13,22,25H,8-11H2,1-3H3. The number of hydrogen-bond acceptors (Lipinski definition) is 5. The van der Waals surface area contributed by atoms with Gasteiger partial charge in [0.05, 0.1) is 31.7 Å².